The van der Waals surface area contributed by atoms with Gasteiger partial charge in [-0.15, -0.1) is 5.73 Å². The Kier molecular flexibility index (Phi) is 1.33. The lowest BCUT2D eigenvalue weighted by Crippen LogP contribution is -2.03. The van der Waals surface area contributed by atoms with Crippen molar-refractivity contribution in [2.45, 2.75) is 19.3 Å². The van der Waals surface area contributed by atoms with E-state index in [1.54, 1.807) is 0 Å². The quantitative estimate of drug-likeness (QED) is 0.435. The molecule has 0 N–H and O–H groups in total. The molecule has 1 radical (unpaired) electrons. The van der Waals surface area contributed by atoms with Crippen LogP contribution in [-0.4, -0.2) is 0 Å². The molecular formula is C7H9. The Hall–Kier alpha value is -0.480. The molecule has 0 heteroatoms. The second kappa shape index (κ2) is 1.99. The normalized spacial score (nSPS) is 20.0. The van der Waals surface area contributed by atoms with Gasteiger partial charge in [0.15, 0.2) is 0 Å². The minimum Gasteiger partial charge on any atom is -0.132 e. The van der Waals surface area contributed by atoms with Crippen molar-refractivity contribution in [3.8, 4) is 0 Å². The molecule has 0 aromatic rings. The molecule has 0 spiro atoms. The molecule has 0 unspecified atom stereocenters. The van der Waals surface area contributed by atoms with Crippen molar-refractivity contribution in [1.29, 1.82) is 0 Å². The first-order chi connectivity index (χ1) is 3.43. The molecule has 0 amide bonds. The molecule has 0 aliphatic heterocycles. The largest absolute Gasteiger partial charge is 0.132 e. The molecule has 1 aliphatic rings. The van der Waals surface area contributed by atoms with Gasteiger partial charge in [-0.25, -0.2) is 0 Å². The van der Waals surface area contributed by atoms with E-state index in [-0.39, 0.29) is 0 Å². The molecule has 0 aromatic carbocycles. The summed E-state index contributed by atoms with van der Waals surface area (Å²) >= 11 is 0. The molecule has 0 heterocycles. The van der Waals surface area contributed by atoms with Crippen molar-refractivity contribution in [2.75, 3.05) is 0 Å². The van der Waals surface area contributed by atoms with Gasteiger partial charge in [-0.05, 0) is 18.9 Å². The average molecular weight is 93.1 g/mol. The molecule has 7 heavy (non-hydrogen) atoms. The van der Waals surface area contributed by atoms with Gasteiger partial charge in [0, 0.05) is 5.92 Å². The van der Waals surface area contributed by atoms with E-state index in [1.807, 2.05) is 6.08 Å². The second-order valence-corrected chi connectivity index (χ2v) is 1.86. The Labute approximate surface area is 44.5 Å². The Morgan fingerprint density at radius 2 is 2.29 bits per heavy atom. The van der Waals surface area contributed by atoms with Gasteiger partial charge in [0.25, 0.3) is 0 Å². The number of hydrogen-bond donors (Lipinski definition) is 0. The molecule has 0 aromatic heterocycles. The first-order valence-corrected chi connectivity index (χ1v) is 2.64. The highest BCUT2D eigenvalue weighted by Gasteiger charge is 2.13. The highest BCUT2D eigenvalue weighted by molar-refractivity contribution is 5.13. The highest BCUT2D eigenvalue weighted by atomic mass is 14.2. The Balaban J connectivity index is 2.27. The van der Waals surface area contributed by atoms with Crippen LogP contribution in [0.15, 0.2) is 18.4 Å². The van der Waals surface area contributed by atoms with Gasteiger partial charge >= 0.3 is 0 Å². The zero-order chi connectivity index (χ0) is 5.11. The average Bonchev–Trinajstić information content (AvgIpc) is 1.55. The summed E-state index contributed by atoms with van der Waals surface area (Å²) in [6.45, 7) is 3.48. The van der Waals surface area contributed by atoms with E-state index in [2.05, 4.69) is 12.3 Å². The summed E-state index contributed by atoms with van der Waals surface area (Å²) in [4.78, 5) is 0. The molecule has 1 rings (SSSR count). The number of hydrogen-bond acceptors (Lipinski definition) is 0. The fraction of sp³-hybridized carbons (Fsp3) is 0.429. The van der Waals surface area contributed by atoms with Crippen molar-refractivity contribution >= 4 is 0 Å². The summed E-state index contributed by atoms with van der Waals surface area (Å²) in [7, 11) is 0. The summed E-state index contributed by atoms with van der Waals surface area (Å²) in [6.07, 6.45) is 5.92. The predicted octanol–water partition coefficient (Wildman–Crippen LogP) is 2.09. The van der Waals surface area contributed by atoms with Crippen LogP contribution in [0.2, 0.25) is 0 Å². The Morgan fingerprint density at radius 3 is 2.43 bits per heavy atom. The first-order valence-electron chi connectivity index (χ1n) is 2.64. The van der Waals surface area contributed by atoms with Gasteiger partial charge in [-0.2, -0.15) is 0 Å². The van der Waals surface area contributed by atoms with Crippen LogP contribution in [0.5, 0.6) is 0 Å². The van der Waals surface area contributed by atoms with E-state index in [9.17, 15) is 0 Å². The minimum atomic E-state index is 1.28. The maximum Gasteiger partial charge on any atom is 0.00543 e. The van der Waals surface area contributed by atoms with Crippen molar-refractivity contribution in [2.24, 2.45) is 0 Å². The lowest BCUT2D eigenvalue weighted by molar-refractivity contribution is 0.588. The van der Waals surface area contributed by atoms with E-state index < -0.39 is 0 Å². The summed E-state index contributed by atoms with van der Waals surface area (Å²) in [5.74, 6) is 1.51. The standard InChI is InChI=1S/C7H9/c1-2-4-7-5-3-6-7/h4H,1,3,5-6H2. The van der Waals surface area contributed by atoms with Gasteiger partial charge in [0.2, 0.25) is 0 Å². The van der Waals surface area contributed by atoms with Crippen molar-refractivity contribution < 1.29 is 0 Å². The van der Waals surface area contributed by atoms with Gasteiger partial charge in [-0.1, -0.05) is 13.0 Å². The second-order valence-electron chi connectivity index (χ2n) is 1.86. The van der Waals surface area contributed by atoms with Gasteiger partial charge in [-0.3, -0.25) is 0 Å². The summed E-state index contributed by atoms with van der Waals surface area (Å²) < 4.78 is 0. The smallest absolute Gasteiger partial charge is 0.00543 e. The SMILES string of the molecule is C=C=C[C]1CCC1. The molecule has 0 nitrogen and oxygen atoms in total. The molecule has 37 valence electrons. The fourth-order valence-electron chi connectivity index (χ4n) is 0.670. The van der Waals surface area contributed by atoms with E-state index >= 15 is 0 Å². The molecular weight excluding hydrogens is 84.1 g/mol. The van der Waals surface area contributed by atoms with Crippen LogP contribution in [0.1, 0.15) is 19.3 Å². The molecule has 0 saturated heterocycles. The van der Waals surface area contributed by atoms with E-state index in [4.69, 9.17) is 0 Å². The topological polar surface area (TPSA) is 0 Å². The number of rotatable bonds is 1. The zero-order valence-corrected chi connectivity index (χ0v) is 4.41. The third-order valence-electron chi connectivity index (χ3n) is 1.30. The van der Waals surface area contributed by atoms with Crippen LogP contribution < -0.4 is 0 Å². The van der Waals surface area contributed by atoms with Gasteiger partial charge in [0.05, 0.1) is 0 Å². The van der Waals surface area contributed by atoms with E-state index in [0.717, 1.165) is 0 Å². The van der Waals surface area contributed by atoms with Crippen LogP contribution in [-0.2, 0) is 0 Å². The Bertz CT molecular complexity index is 92.6. The van der Waals surface area contributed by atoms with Crippen molar-refractivity contribution in [3.63, 3.8) is 0 Å². The minimum absolute atomic E-state index is 1.28. The third kappa shape index (κ3) is 0.942. The lowest BCUT2D eigenvalue weighted by atomic mass is 9.86. The maximum absolute atomic E-state index is 3.48. The molecule has 1 saturated carbocycles. The van der Waals surface area contributed by atoms with Crippen molar-refractivity contribution in [3.05, 3.63) is 24.3 Å². The summed E-state index contributed by atoms with van der Waals surface area (Å²) in [6, 6.07) is 0. The van der Waals surface area contributed by atoms with Gasteiger partial charge in [0.1, 0.15) is 0 Å². The lowest BCUT2D eigenvalue weighted by Gasteiger charge is -2.18. The maximum atomic E-state index is 3.48. The van der Waals surface area contributed by atoms with Gasteiger partial charge < -0.3 is 0 Å². The van der Waals surface area contributed by atoms with Crippen LogP contribution in [0.25, 0.3) is 0 Å². The van der Waals surface area contributed by atoms with Crippen LogP contribution in [0.3, 0.4) is 0 Å². The van der Waals surface area contributed by atoms with Crippen LogP contribution in [0, 0.1) is 5.92 Å². The summed E-state index contributed by atoms with van der Waals surface area (Å²) in [5.41, 5.74) is 2.76. The predicted molar refractivity (Wildman–Crippen MR) is 30.8 cm³/mol. The fourth-order valence-corrected chi connectivity index (χ4v) is 0.670. The molecule has 1 aliphatic carbocycles. The summed E-state index contributed by atoms with van der Waals surface area (Å²) in [5, 5.41) is 0. The van der Waals surface area contributed by atoms with E-state index in [0.29, 0.717) is 0 Å². The van der Waals surface area contributed by atoms with E-state index in [1.165, 1.54) is 25.2 Å². The Morgan fingerprint density at radius 1 is 1.57 bits per heavy atom. The van der Waals surface area contributed by atoms with Crippen molar-refractivity contribution in [1.82, 2.24) is 0 Å². The highest BCUT2D eigenvalue weighted by Crippen LogP contribution is 2.28. The third-order valence-corrected chi connectivity index (χ3v) is 1.30. The number of allylic oxidation sites excluding steroid dienone is 1. The van der Waals surface area contributed by atoms with Crippen LogP contribution >= 0.6 is 0 Å². The molecule has 1 fully saturated rings. The molecule has 0 bridgehead atoms. The van der Waals surface area contributed by atoms with Crippen LogP contribution in [0.4, 0.5) is 0 Å². The first kappa shape index (κ1) is 4.67. The zero-order valence-electron chi connectivity index (χ0n) is 4.41. The molecule has 0 atom stereocenters. The monoisotopic (exact) mass is 93.1 g/mol.